The van der Waals surface area contributed by atoms with Crippen molar-refractivity contribution in [2.45, 2.75) is 84.3 Å². The summed E-state index contributed by atoms with van der Waals surface area (Å²) in [5.41, 5.74) is 2.29. The van der Waals surface area contributed by atoms with Gasteiger partial charge in [-0.1, -0.05) is 88.4 Å². The predicted molar refractivity (Wildman–Crippen MR) is 156 cm³/mol. The zero-order valence-electron chi connectivity index (χ0n) is 24.2. The molecule has 2 rings (SSSR count). The van der Waals surface area contributed by atoms with Crippen molar-refractivity contribution in [3.8, 4) is 5.75 Å². The van der Waals surface area contributed by atoms with Gasteiger partial charge in [-0.2, -0.15) is 0 Å². The Morgan fingerprint density at radius 1 is 0.718 bits per heavy atom. The third kappa shape index (κ3) is 15.6. The van der Waals surface area contributed by atoms with Crippen LogP contribution in [0.2, 0.25) is 0 Å². The standard InChI is InChI=1S/C31H49O7P/c1-4-6-7-8-9-13-24-35-30-20-18-28(19-21-30)17-14-23-34-26-31(36-25-29-15-11-10-12-16-29)27-38-39(32,33-3)37-22-5-2/h10-12,15-16,18-21,31H,4-9,13-14,17,22-27H2,1-3H3/t31-,39?/m0/s1. The van der Waals surface area contributed by atoms with Gasteiger partial charge in [-0.15, -0.1) is 0 Å². The highest BCUT2D eigenvalue weighted by molar-refractivity contribution is 7.48. The molecule has 0 saturated carbocycles. The molecule has 0 heterocycles. The molecule has 0 aliphatic heterocycles. The smallest absolute Gasteiger partial charge is 0.474 e. The predicted octanol–water partition coefficient (Wildman–Crippen LogP) is 8.16. The highest BCUT2D eigenvalue weighted by atomic mass is 31.2. The van der Waals surface area contributed by atoms with E-state index in [1.165, 1.54) is 44.8 Å². The molecule has 220 valence electrons. The number of phosphoric ester groups is 1. The second-order valence-electron chi connectivity index (χ2n) is 9.62. The third-order valence-electron chi connectivity index (χ3n) is 6.17. The van der Waals surface area contributed by atoms with E-state index in [-0.39, 0.29) is 6.61 Å². The first-order chi connectivity index (χ1) is 19.1. The normalized spacial score (nSPS) is 13.7. The maximum Gasteiger partial charge on any atom is 0.474 e. The molecular formula is C31H49O7P. The van der Waals surface area contributed by atoms with E-state index in [1.807, 2.05) is 49.4 Å². The van der Waals surface area contributed by atoms with Gasteiger partial charge in [0.25, 0.3) is 0 Å². The number of hydrogen-bond donors (Lipinski definition) is 0. The van der Waals surface area contributed by atoms with E-state index in [1.54, 1.807) is 0 Å². The molecule has 0 aromatic heterocycles. The van der Waals surface area contributed by atoms with Crippen LogP contribution in [-0.2, 0) is 40.6 Å². The average molecular weight is 565 g/mol. The molecule has 39 heavy (non-hydrogen) atoms. The van der Waals surface area contributed by atoms with E-state index >= 15 is 0 Å². The van der Waals surface area contributed by atoms with Gasteiger partial charge in [0.05, 0.1) is 33.0 Å². The second kappa shape index (κ2) is 21.1. The quantitative estimate of drug-likeness (QED) is 0.0941. The third-order valence-corrected chi connectivity index (χ3v) is 7.58. The van der Waals surface area contributed by atoms with Crippen LogP contribution < -0.4 is 4.74 Å². The first-order valence-electron chi connectivity index (χ1n) is 14.5. The van der Waals surface area contributed by atoms with Crippen LogP contribution in [0.4, 0.5) is 0 Å². The molecule has 2 aromatic rings. The van der Waals surface area contributed by atoms with Crippen LogP contribution >= 0.6 is 7.82 Å². The van der Waals surface area contributed by atoms with Crippen molar-refractivity contribution in [2.75, 3.05) is 40.1 Å². The Bertz CT molecular complexity index is 892. The summed E-state index contributed by atoms with van der Waals surface area (Å²) in [4.78, 5) is 0. The van der Waals surface area contributed by atoms with Gasteiger partial charge in [0.1, 0.15) is 11.9 Å². The maximum atomic E-state index is 12.6. The highest BCUT2D eigenvalue weighted by Crippen LogP contribution is 2.48. The largest absolute Gasteiger partial charge is 0.494 e. The van der Waals surface area contributed by atoms with Crippen LogP contribution in [-0.4, -0.2) is 46.2 Å². The van der Waals surface area contributed by atoms with E-state index < -0.39 is 13.9 Å². The van der Waals surface area contributed by atoms with Gasteiger partial charge >= 0.3 is 7.82 Å². The number of phosphoric acid groups is 1. The Morgan fingerprint density at radius 3 is 2.18 bits per heavy atom. The van der Waals surface area contributed by atoms with Crippen LogP contribution in [0.15, 0.2) is 54.6 Å². The molecule has 0 bridgehead atoms. The van der Waals surface area contributed by atoms with Crippen molar-refractivity contribution >= 4 is 7.82 Å². The fraction of sp³-hybridized carbons (Fsp3) is 0.613. The van der Waals surface area contributed by atoms with E-state index in [9.17, 15) is 4.57 Å². The van der Waals surface area contributed by atoms with Crippen molar-refractivity contribution in [1.29, 1.82) is 0 Å². The first-order valence-corrected chi connectivity index (χ1v) is 15.9. The van der Waals surface area contributed by atoms with Crippen molar-refractivity contribution in [1.82, 2.24) is 0 Å². The van der Waals surface area contributed by atoms with Gasteiger partial charge in [-0.25, -0.2) is 4.57 Å². The van der Waals surface area contributed by atoms with Crippen molar-refractivity contribution in [3.63, 3.8) is 0 Å². The Hall–Kier alpha value is -1.73. The molecule has 2 atom stereocenters. The SMILES string of the molecule is CCCCCCCCOc1ccc(CCCOC[C@@H](COP(=O)(OC)OCCC)OCc2ccccc2)cc1. The Balaban J connectivity index is 1.70. The molecule has 0 aliphatic carbocycles. The lowest BCUT2D eigenvalue weighted by molar-refractivity contribution is -0.0512. The molecule has 7 nitrogen and oxygen atoms in total. The van der Waals surface area contributed by atoms with Gasteiger partial charge in [0, 0.05) is 13.7 Å². The fourth-order valence-electron chi connectivity index (χ4n) is 3.87. The summed E-state index contributed by atoms with van der Waals surface area (Å²) in [5, 5.41) is 0. The van der Waals surface area contributed by atoms with Gasteiger partial charge in [0.15, 0.2) is 0 Å². The van der Waals surface area contributed by atoms with Crippen LogP contribution in [0.5, 0.6) is 5.75 Å². The lowest BCUT2D eigenvalue weighted by atomic mass is 10.1. The maximum absolute atomic E-state index is 12.6. The number of benzene rings is 2. The number of ether oxygens (including phenoxy) is 3. The summed E-state index contributed by atoms with van der Waals surface area (Å²) in [6.07, 6.45) is 9.66. The summed E-state index contributed by atoms with van der Waals surface area (Å²) >= 11 is 0. The minimum absolute atomic E-state index is 0.0435. The Kier molecular flexibility index (Phi) is 18.1. The second-order valence-corrected chi connectivity index (χ2v) is 11.4. The molecular weight excluding hydrogens is 515 g/mol. The molecule has 1 unspecified atom stereocenters. The zero-order chi connectivity index (χ0) is 28.0. The zero-order valence-corrected chi connectivity index (χ0v) is 25.1. The summed E-state index contributed by atoms with van der Waals surface area (Å²) < 4.78 is 46.3. The van der Waals surface area contributed by atoms with E-state index in [0.29, 0.717) is 32.8 Å². The number of rotatable bonds is 24. The van der Waals surface area contributed by atoms with E-state index in [4.69, 9.17) is 27.8 Å². The molecule has 0 N–H and O–H groups in total. The summed E-state index contributed by atoms with van der Waals surface area (Å²) in [6.45, 7) is 6.58. The van der Waals surface area contributed by atoms with Crippen molar-refractivity contribution < 1.29 is 32.3 Å². The van der Waals surface area contributed by atoms with Crippen molar-refractivity contribution in [2.24, 2.45) is 0 Å². The van der Waals surface area contributed by atoms with Crippen LogP contribution in [0.25, 0.3) is 0 Å². The topological polar surface area (TPSA) is 72.5 Å². The molecule has 0 aliphatic rings. The first kappa shape index (κ1) is 33.5. The monoisotopic (exact) mass is 564 g/mol. The van der Waals surface area contributed by atoms with Gasteiger partial charge in [0.2, 0.25) is 0 Å². The van der Waals surface area contributed by atoms with Gasteiger partial charge in [-0.3, -0.25) is 13.6 Å². The number of hydrogen-bond acceptors (Lipinski definition) is 7. The highest BCUT2D eigenvalue weighted by Gasteiger charge is 2.26. The van der Waals surface area contributed by atoms with Gasteiger partial charge in [-0.05, 0) is 48.9 Å². The minimum Gasteiger partial charge on any atom is -0.494 e. The van der Waals surface area contributed by atoms with E-state index in [2.05, 4.69) is 19.1 Å². The van der Waals surface area contributed by atoms with Gasteiger partial charge < -0.3 is 14.2 Å². The van der Waals surface area contributed by atoms with Crippen LogP contribution in [0.1, 0.15) is 76.3 Å². The molecule has 0 fully saturated rings. The fourth-order valence-corrected chi connectivity index (χ4v) is 4.91. The summed E-state index contributed by atoms with van der Waals surface area (Å²) in [6, 6.07) is 18.2. The molecule has 0 spiro atoms. The summed E-state index contributed by atoms with van der Waals surface area (Å²) in [5.74, 6) is 0.929. The molecule has 8 heteroatoms. The lowest BCUT2D eigenvalue weighted by Crippen LogP contribution is -2.26. The Labute approximate surface area is 236 Å². The molecule has 0 radical (unpaired) electrons. The number of unbranched alkanes of at least 4 members (excludes halogenated alkanes) is 5. The average Bonchev–Trinajstić information content (AvgIpc) is 2.97. The summed E-state index contributed by atoms with van der Waals surface area (Å²) in [7, 11) is -2.30. The van der Waals surface area contributed by atoms with Crippen LogP contribution in [0.3, 0.4) is 0 Å². The van der Waals surface area contributed by atoms with Crippen LogP contribution in [0, 0.1) is 0 Å². The molecule has 2 aromatic carbocycles. The molecule has 0 amide bonds. The van der Waals surface area contributed by atoms with E-state index in [0.717, 1.165) is 37.2 Å². The minimum atomic E-state index is -3.62. The number of aryl methyl sites for hydroxylation is 1. The lowest BCUT2D eigenvalue weighted by Gasteiger charge is -2.21. The van der Waals surface area contributed by atoms with Crippen molar-refractivity contribution in [3.05, 3.63) is 65.7 Å². The Morgan fingerprint density at radius 2 is 1.46 bits per heavy atom. The molecule has 0 saturated heterocycles.